The summed E-state index contributed by atoms with van der Waals surface area (Å²) in [6, 6.07) is 4.95. The van der Waals surface area contributed by atoms with E-state index in [0.717, 1.165) is 19.4 Å². The minimum Gasteiger partial charge on any atom is -0.376 e. The Bertz CT molecular complexity index is 728. The number of ether oxygens (including phenoxy) is 1. The highest BCUT2D eigenvalue weighted by Crippen LogP contribution is 2.33. The van der Waals surface area contributed by atoms with Crippen LogP contribution < -0.4 is 10.6 Å². The zero-order valence-electron chi connectivity index (χ0n) is 13.0. The SMILES string of the molecule is O=C1NC2=C(C(=O)N(C[C@@H]3CCCO3)C2)[C@H](c2cccc(F)c2)N1. The number of nitrogens with zero attached hydrogens (tertiary/aromatic N) is 1. The Kier molecular flexibility index (Phi) is 3.72. The van der Waals surface area contributed by atoms with E-state index in [9.17, 15) is 14.0 Å². The second-order valence-electron chi connectivity index (χ2n) is 6.30. The van der Waals surface area contributed by atoms with Gasteiger partial charge in [-0.25, -0.2) is 9.18 Å². The van der Waals surface area contributed by atoms with Gasteiger partial charge in [-0.3, -0.25) is 4.79 Å². The first-order valence-electron chi connectivity index (χ1n) is 8.09. The molecule has 0 radical (unpaired) electrons. The molecule has 1 fully saturated rings. The predicted octanol–water partition coefficient (Wildman–Crippen LogP) is 1.45. The molecule has 0 spiro atoms. The van der Waals surface area contributed by atoms with E-state index < -0.39 is 11.9 Å². The monoisotopic (exact) mass is 331 g/mol. The summed E-state index contributed by atoms with van der Waals surface area (Å²) in [5.74, 6) is -0.536. The molecule has 0 saturated carbocycles. The van der Waals surface area contributed by atoms with Crippen LogP contribution in [0.3, 0.4) is 0 Å². The van der Waals surface area contributed by atoms with E-state index in [1.54, 1.807) is 17.0 Å². The van der Waals surface area contributed by atoms with Crippen molar-refractivity contribution in [1.82, 2.24) is 15.5 Å². The molecule has 3 amide bonds. The Morgan fingerprint density at radius 2 is 2.21 bits per heavy atom. The van der Waals surface area contributed by atoms with Crippen molar-refractivity contribution in [3.8, 4) is 0 Å². The number of hydrogen-bond acceptors (Lipinski definition) is 3. The van der Waals surface area contributed by atoms with Gasteiger partial charge in [-0.05, 0) is 30.5 Å². The van der Waals surface area contributed by atoms with Crippen molar-refractivity contribution >= 4 is 11.9 Å². The third-order valence-electron chi connectivity index (χ3n) is 4.65. The lowest BCUT2D eigenvalue weighted by molar-refractivity contribution is -0.127. The van der Waals surface area contributed by atoms with E-state index in [1.807, 2.05) is 0 Å². The first-order chi connectivity index (χ1) is 11.6. The van der Waals surface area contributed by atoms with Crippen molar-refractivity contribution in [3.05, 3.63) is 46.9 Å². The number of benzene rings is 1. The average molecular weight is 331 g/mol. The lowest BCUT2D eigenvalue weighted by atomic mass is 9.96. The molecule has 1 aromatic rings. The van der Waals surface area contributed by atoms with Crippen LogP contribution in [0.25, 0.3) is 0 Å². The van der Waals surface area contributed by atoms with E-state index >= 15 is 0 Å². The number of halogens is 1. The van der Waals surface area contributed by atoms with E-state index in [-0.39, 0.29) is 18.0 Å². The van der Waals surface area contributed by atoms with Gasteiger partial charge in [-0.2, -0.15) is 0 Å². The minimum atomic E-state index is -0.633. The van der Waals surface area contributed by atoms with Crippen LogP contribution >= 0.6 is 0 Å². The van der Waals surface area contributed by atoms with Crippen LogP contribution in [0.15, 0.2) is 35.5 Å². The van der Waals surface area contributed by atoms with Gasteiger partial charge in [0.1, 0.15) is 5.82 Å². The van der Waals surface area contributed by atoms with Gasteiger partial charge in [0.15, 0.2) is 0 Å². The molecular weight excluding hydrogens is 313 g/mol. The van der Waals surface area contributed by atoms with Crippen LogP contribution in [-0.2, 0) is 9.53 Å². The summed E-state index contributed by atoms with van der Waals surface area (Å²) in [6.45, 7) is 1.59. The highest BCUT2D eigenvalue weighted by atomic mass is 19.1. The van der Waals surface area contributed by atoms with Gasteiger partial charge in [0, 0.05) is 13.2 Å². The number of urea groups is 1. The van der Waals surface area contributed by atoms with Gasteiger partial charge >= 0.3 is 6.03 Å². The fourth-order valence-electron chi connectivity index (χ4n) is 3.55. The summed E-state index contributed by atoms with van der Waals surface area (Å²) in [5.41, 5.74) is 1.64. The quantitative estimate of drug-likeness (QED) is 0.881. The molecule has 2 N–H and O–H groups in total. The van der Waals surface area contributed by atoms with Crippen molar-refractivity contribution in [3.63, 3.8) is 0 Å². The fourth-order valence-corrected chi connectivity index (χ4v) is 3.55. The van der Waals surface area contributed by atoms with Gasteiger partial charge in [-0.15, -0.1) is 0 Å². The van der Waals surface area contributed by atoms with Gasteiger partial charge in [-0.1, -0.05) is 12.1 Å². The molecule has 3 heterocycles. The Morgan fingerprint density at radius 3 is 2.96 bits per heavy atom. The summed E-state index contributed by atoms with van der Waals surface area (Å²) >= 11 is 0. The standard InChI is InChI=1S/C17H18FN3O3/c18-11-4-1-3-10(7-11)15-14-13(19-17(23)20-15)9-21(16(14)22)8-12-5-2-6-24-12/h1,3-4,7,12,15H,2,5-6,8-9H2,(H2,19,20,23)/t12-,15-/m0/s1. The molecule has 0 aromatic heterocycles. The molecule has 1 aromatic carbocycles. The lowest BCUT2D eigenvalue weighted by Gasteiger charge is -2.25. The highest BCUT2D eigenvalue weighted by molar-refractivity contribution is 6.01. The van der Waals surface area contributed by atoms with Crippen LogP contribution in [0.5, 0.6) is 0 Å². The van der Waals surface area contributed by atoms with E-state index in [0.29, 0.717) is 29.9 Å². The van der Waals surface area contributed by atoms with Crippen molar-refractivity contribution in [2.45, 2.75) is 25.0 Å². The predicted molar refractivity (Wildman–Crippen MR) is 83.4 cm³/mol. The topological polar surface area (TPSA) is 70.7 Å². The largest absolute Gasteiger partial charge is 0.376 e. The first kappa shape index (κ1) is 15.1. The van der Waals surface area contributed by atoms with Crippen LogP contribution in [-0.4, -0.2) is 42.6 Å². The molecule has 2 atom stereocenters. The number of carbonyl (C=O) groups is 2. The number of nitrogens with one attached hydrogen (secondary N) is 2. The molecule has 3 aliphatic heterocycles. The third-order valence-corrected chi connectivity index (χ3v) is 4.65. The van der Waals surface area contributed by atoms with Crippen molar-refractivity contribution in [2.24, 2.45) is 0 Å². The number of rotatable bonds is 3. The summed E-state index contributed by atoms with van der Waals surface area (Å²) in [7, 11) is 0. The summed E-state index contributed by atoms with van der Waals surface area (Å²) < 4.78 is 19.2. The summed E-state index contributed by atoms with van der Waals surface area (Å²) in [6.07, 6.45) is 1.99. The average Bonchev–Trinajstić information content (AvgIpc) is 3.16. The van der Waals surface area contributed by atoms with Gasteiger partial charge in [0.2, 0.25) is 0 Å². The maximum Gasteiger partial charge on any atom is 0.319 e. The number of hydrogen-bond donors (Lipinski definition) is 2. The summed E-state index contributed by atoms with van der Waals surface area (Å²) in [5, 5.41) is 5.43. The molecule has 4 rings (SSSR count). The molecule has 7 heteroatoms. The zero-order valence-corrected chi connectivity index (χ0v) is 13.0. The van der Waals surface area contributed by atoms with Crippen LogP contribution in [0, 0.1) is 5.82 Å². The molecule has 1 saturated heterocycles. The zero-order chi connectivity index (χ0) is 16.7. The number of amides is 3. The molecule has 126 valence electrons. The normalized spacial score (nSPS) is 26.5. The van der Waals surface area contributed by atoms with Crippen LogP contribution in [0.1, 0.15) is 24.4 Å². The third kappa shape index (κ3) is 2.65. The molecular formula is C17H18FN3O3. The van der Waals surface area contributed by atoms with E-state index in [1.165, 1.54) is 12.1 Å². The minimum absolute atomic E-state index is 0.0478. The molecule has 3 aliphatic rings. The number of carbonyl (C=O) groups excluding carboxylic acids is 2. The van der Waals surface area contributed by atoms with Crippen molar-refractivity contribution in [2.75, 3.05) is 19.7 Å². The molecule has 0 unspecified atom stereocenters. The Morgan fingerprint density at radius 1 is 1.33 bits per heavy atom. The van der Waals surface area contributed by atoms with Crippen molar-refractivity contribution < 1.29 is 18.7 Å². The fraction of sp³-hybridized carbons (Fsp3) is 0.412. The van der Waals surface area contributed by atoms with E-state index in [4.69, 9.17) is 4.74 Å². The van der Waals surface area contributed by atoms with Gasteiger partial charge in [0.05, 0.1) is 30.0 Å². The van der Waals surface area contributed by atoms with Gasteiger partial charge in [0.25, 0.3) is 5.91 Å². The maximum atomic E-state index is 13.6. The second kappa shape index (κ2) is 5.90. The summed E-state index contributed by atoms with van der Waals surface area (Å²) in [4.78, 5) is 26.5. The Hall–Kier alpha value is -2.41. The molecule has 0 aliphatic carbocycles. The second-order valence-corrected chi connectivity index (χ2v) is 6.30. The molecule has 0 bridgehead atoms. The maximum absolute atomic E-state index is 13.6. The Labute approximate surface area is 138 Å². The van der Waals surface area contributed by atoms with Crippen LogP contribution in [0.2, 0.25) is 0 Å². The molecule has 24 heavy (non-hydrogen) atoms. The van der Waals surface area contributed by atoms with E-state index in [2.05, 4.69) is 10.6 Å². The van der Waals surface area contributed by atoms with Gasteiger partial charge < -0.3 is 20.3 Å². The smallest absolute Gasteiger partial charge is 0.319 e. The van der Waals surface area contributed by atoms with Crippen molar-refractivity contribution in [1.29, 1.82) is 0 Å². The molecule has 6 nitrogen and oxygen atoms in total. The highest BCUT2D eigenvalue weighted by Gasteiger charge is 2.41. The Balaban J connectivity index is 1.61. The lowest BCUT2D eigenvalue weighted by Crippen LogP contribution is -2.44. The van der Waals surface area contributed by atoms with Crippen LogP contribution in [0.4, 0.5) is 9.18 Å². The first-order valence-corrected chi connectivity index (χ1v) is 8.09.